The molecule has 0 aromatic carbocycles. The average Bonchev–Trinajstić information content (AvgIpc) is 2.46. The van der Waals surface area contributed by atoms with Crippen molar-refractivity contribution in [1.29, 1.82) is 0 Å². The standard InChI is InChI=1S/C16H35NO4/c1-4-5-8-18-10-12-20-14-15-21-13-11-19-9-6-7-17-16(2)3/h16-17H,4-15H2,1-3H3. The Balaban J connectivity index is 2.93. The van der Waals surface area contributed by atoms with Crippen LogP contribution in [0, 0.1) is 0 Å². The van der Waals surface area contributed by atoms with Crippen LogP contribution in [0.5, 0.6) is 0 Å². The monoisotopic (exact) mass is 305 g/mol. The first kappa shape index (κ1) is 20.8. The second kappa shape index (κ2) is 17.9. The van der Waals surface area contributed by atoms with E-state index in [1.54, 1.807) is 0 Å². The van der Waals surface area contributed by atoms with Gasteiger partial charge in [-0.05, 0) is 19.4 Å². The quantitative estimate of drug-likeness (QED) is 0.418. The van der Waals surface area contributed by atoms with E-state index >= 15 is 0 Å². The van der Waals surface area contributed by atoms with Crippen molar-refractivity contribution < 1.29 is 18.9 Å². The van der Waals surface area contributed by atoms with E-state index in [1.807, 2.05) is 0 Å². The molecule has 0 unspecified atom stereocenters. The maximum atomic E-state index is 5.47. The first-order chi connectivity index (χ1) is 10.3. The van der Waals surface area contributed by atoms with Crippen LogP contribution in [0.1, 0.15) is 40.0 Å². The van der Waals surface area contributed by atoms with E-state index in [9.17, 15) is 0 Å². The Morgan fingerprint density at radius 3 is 1.52 bits per heavy atom. The van der Waals surface area contributed by atoms with E-state index in [1.165, 1.54) is 6.42 Å². The lowest BCUT2D eigenvalue weighted by Gasteiger charge is -2.09. The van der Waals surface area contributed by atoms with Crippen molar-refractivity contribution >= 4 is 0 Å². The molecule has 0 spiro atoms. The van der Waals surface area contributed by atoms with Crippen LogP contribution in [0.3, 0.4) is 0 Å². The first-order valence-corrected chi connectivity index (χ1v) is 8.31. The SMILES string of the molecule is CCCCOCCOCCOCCOCCCNC(C)C. The van der Waals surface area contributed by atoms with E-state index in [0.717, 1.165) is 32.6 Å². The molecule has 0 rings (SSSR count). The molecule has 0 atom stereocenters. The molecule has 0 aliphatic rings. The maximum Gasteiger partial charge on any atom is 0.0701 e. The summed E-state index contributed by atoms with van der Waals surface area (Å²) in [5.74, 6) is 0. The predicted molar refractivity (Wildman–Crippen MR) is 85.9 cm³/mol. The van der Waals surface area contributed by atoms with Gasteiger partial charge in [-0.3, -0.25) is 0 Å². The highest BCUT2D eigenvalue weighted by molar-refractivity contribution is 4.51. The topological polar surface area (TPSA) is 49.0 Å². The molecule has 0 saturated heterocycles. The van der Waals surface area contributed by atoms with Gasteiger partial charge in [-0.15, -0.1) is 0 Å². The highest BCUT2D eigenvalue weighted by Crippen LogP contribution is 1.88. The van der Waals surface area contributed by atoms with Crippen LogP contribution in [0.15, 0.2) is 0 Å². The largest absolute Gasteiger partial charge is 0.379 e. The van der Waals surface area contributed by atoms with Gasteiger partial charge in [0.25, 0.3) is 0 Å². The molecule has 21 heavy (non-hydrogen) atoms. The molecule has 0 aliphatic carbocycles. The van der Waals surface area contributed by atoms with Gasteiger partial charge in [0.1, 0.15) is 0 Å². The minimum absolute atomic E-state index is 0.547. The summed E-state index contributed by atoms with van der Waals surface area (Å²) in [6.45, 7) is 12.9. The fourth-order valence-electron chi connectivity index (χ4n) is 1.57. The summed E-state index contributed by atoms with van der Waals surface area (Å²) in [4.78, 5) is 0. The molecular weight excluding hydrogens is 270 g/mol. The Morgan fingerprint density at radius 1 is 0.667 bits per heavy atom. The summed E-state index contributed by atoms with van der Waals surface area (Å²) in [6.07, 6.45) is 3.33. The average molecular weight is 305 g/mol. The van der Waals surface area contributed by atoms with Gasteiger partial charge in [0.2, 0.25) is 0 Å². The molecule has 5 nitrogen and oxygen atoms in total. The van der Waals surface area contributed by atoms with Crippen LogP contribution in [-0.4, -0.2) is 65.4 Å². The second-order valence-corrected chi connectivity index (χ2v) is 5.27. The smallest absolute Gasteiger partial charge is 0.0701 e. The number of hydrogen-bond donors (Lipinski definition) is 1. The van der Waals surface area contributed by atoms with Gasteiger partial charge in [-0.2, -0.15) is 0 Å². The predicted octanol–water partition coefficient (Wildman–Crippen LogP) is 2.24. The van der Waals surface area contributed by atoms with Crippen molar-refractivity contribution in [2.75, 3.05) is 59.4 Å². The van der Waals surface area contributed by atoms with Crippen molar-refractivity contribution in [3.8, 4) is 0 Å². The number of ether oxygens (including phenoxy) is 4. The lowest BCUT2D eigenvalue weighted by atomic mass is 10.3. The summed E-state index contributed by atoms with van der Waals surface area (Å²) >= 11 is 0. The van der Waals surface area contributed by atoms with Gasteiger partial charge in [-0.1, -0.05) is 27.2 Å². The summed E-state index contributed by atoms with van der Waals surface area (Å²) in [6, 6.07) is 0.547. The Bertz CT molecular complexity index is 191. The molecule has 0 fully saturated rings. The Labute approximate surface area is 130 Å². The molecule has 128 valence electrons. The molecule has 0 saturated carbocycles. The summed E-state index contributed by atoms with van der Waals surface area (Å²) in [5.41, 5.74) is 0. The lowest BCUT2D eigenvalue weighted by Crippen LogP contribution is -2.24. The number of hydrogen-bond acceptors (Lipinski definition) is 5. The summed E-state index contributed by atoms with van der Waals surface area (Å²) in [5, 5.41) is 3.35. The minimum atomic E-state index is 0.547. The van der Waals surface area contributed by atoms with Gasteiger partial charge in [0.15, 0.2) is 0 Å². The van der Waals surface area contributed by atoms with Crippen LogP contribution >= 0.6 is 0 Å². The molecule has 0 bridgehead atoms. The van der Waals surface area contributed by atoms with Crippen molar-refractivity contribution in [2.45, 2.75) is 46.1 Å². The van der Waals surface area contributed by atoms with Crippen molar-refractivity contribution in [2.24, 2.45) is 0 Å². The van der Waals surface area contributed by atoms with Crippen LogP contribution in [0.4, 0.5) is 0 Å². The van der Waals surface area contributed by atoms with Crippen molar-refractivity contribution in [3.05, 3.63) is 0 Å². The molecule has 0 amide bonds. The van der Waals surface area contributed by atoms with Crippen molar-refractivity contribution in [3.63, 3.8) is 0 Å². The lowest BCUT2D eigenvalue weighted by molar-refractivity contribution is -0.00223. The molecule has 5 heteroatoms. The Hall–Kier alpha value is -0.200. The van der Waals surface area contributed by atoms with E-state index in [0.29, 0.717) is 45.7 Å². The van der Waals surface area contributed by atoms with E-state index in [-0.39, 0.29) is 0 Å². The molecule has 0 heterocycles. The van der Waals surface area contributed by atoms with E-state index in [4.69, 9.17) is 18.9 Å². The molecule has 0 aromatic heterocycles. The second-order valence-electron chi connectivity index (χ2n) is 5.27. The van der Waals surface area contributed by atoms with E-state index < -0.39 is 0 Å². The van der Waals surface area contributed by atoms with Crippen LogP contribution in [0.2, 0.25) is 0 Å². The van der Waals surface area contributed by atoms with Crippen molar-refractivity contribution in [1.82, 2.24) is 5.32 Å². The maximum absolute atomic E-state index is 5.47. The third-order valence-electron chi connectivity index (χ3n) is 2.78. The Kier molecular flexibility index (Phi) is 17.7. The highest BCUT2D eigenvalue weighted by Gasteiger charge is 1.94. The van der Waals surface area contributed by atoms with Crippen LogP contribution in [-0.2, 0) is 18.9 Å². The molecular formula is C16H35NO4. The van der Waals surface area contributed by atoms with Crippen LogP contribution < -0.4 is 5.32 Å². The number of unbranched alkanes of at least 4 members (excludes halogenated alkanes) is 1. The highest BCUT2D eigenvalue weighted by atomic mass is 16.6. The third-order valence-corrected chi connectivity index (χ3v) is 2.78. The summed E-state index contributed by atoms with van der Waals surface area (Å²) < 4.78 is 21.7. The molecule has 0 aromatic rings. The van der Waals surface area contributed by atoms with Gasteiger partial charge >= 0.3 is 0 Å². The van der Waals surface area contributed by atoms with Gasteiger partial charge in [0.05, 0.1) is 39.6 Å². The normalized spacial score (nSPS) is 11.4. The van der Waals surface area contributed by atoms with Crippen LogP contribution in [0.25, 0.3) is 0 Å². The molecule has 0 radical (unpaired) electrons. The molecule has 0 aliphatic heterocycles. The zero-order valence-electron chi connectivity index (χ0n) is 14.2. The Morgan fingerprint density at radius 2 is 1.10 bits per heavy atom. The van der Waals surface area contributed by atoms with Gasteiger partial charge in [-0.25, -0.2) is 0 Å². The van der Waals surface area contributed by atoms with Gasteiger partial charge < -0.3 is 24.3 Å². The third kappa shape index (κ3) is 19.8. The first-order valence-electron chi connectivity index (χ1n) is 8.31. The fourth-order valence-corrected chi connectivity index (χ4v) is 1.57. The van der Waals surface area contributed by atoms with E-state index in [2.05, 4.69) is 26.1 Å². The number of rotatable bonds is 17. The fraction of sp³-hybridized carbons (Fsp3) is 1.00. The zero-order valence-corrected chi connectivity index (χ0v) is 14.2. The molecule has 1 N–H and O–H groups in total. The minimum Gasteiger partial charge on any atom is -0.379 e. The van der Waals surface area contributed by atoms with Gasteiger partial charge in [0, 0.05) is 19.3 Å². The summed E-state index contributed by atoms with van der Waals surface area (Å²) in [7, 11) is 0. The number of nitrogens with one attached hydrogen (secondary N) is 1. The zero-order chi connectivity index (χ0) is 15.6.